The zero-order valence-electron chi connectivity index (χ0n) is 15.8. The molecule has 1 aliphatic heterocycles. The van der Waals surface area contributed by atoms with Crippen molar-refractivity contribution in [3.63, 3.8) is 0 Å². The molecule has 0 bridgehead atoms. The molecule has 0 unspecified atom stereocenters. The lowest BCUT2D eigenvalue weighted by Gasteiger charge is -2.27. The minimum atomic E-state index is 0.0835. The first-order valence-electron chi connectivity index (χ1n) is 9.36. The van der Waals surface area contributed by atoms with Gasteiger partial charge in [0.05, 0.1) is 0 Å². The van der Waals surface area contributed by atoms with E-state index in [2.05, 4.69) is 60.5 Å². The van der Waals surface area contributed by atoms with E-state index < -0.39 is 0 Å². The molecule has 26 heavy (non-hydrogen) atoms. The van der Waals surface area contributed by atoms with Crippen LogP contribution in [0.5, 0.6) is 0 Å². The summed E-state index contributed by atoms with van der Waals surface area (Å²) in [4.78, 5) is 14.9. The normalized spacial score (nSPS) is 15.0. The third-order valence-electron chi connectivity index (χ3n) is 4.98. The van der Waals surface area contributed by atoms with Gasteiger partial charge in [0.25, 0.3) is 0 Å². The molecule has 0 spiro atoms. The molecular formula is C22H28N2OS. The van der Waals surface area contributed by atoms with Gasteiger partial charge in [0, 0.05) is 43.2 Å². The molecule has 2 aromatic carbocycles. The average molecular weight is 369 g/mol. The van der Waals surface area contributed by atoms with Crippen LogP contribution in [0.1, 0.15) is 28.7 Å². The maximum atomic E-state index is 12.4. The second kappa shape index (κ2) is 9.24. The van der Waals surface area contributed by atoms with Gasteiger partial charge in [-0.15, -0.1) is 0 Å². The fourth-order valence-corrected chi connectivity index (χ4v) is 4.19. The molecule has 0 saturated carbocycles. The highest BCUT2D eigenvalue weighted by atomic mass is 32.2. The van der Waals surface area contributed by atoms with Crippen LogP contribution in [-0.2, 0) is 17.8 Å². The molecule has 1 fully saturated rings. The number of anilines is 1. The quantitative estimate of drug-likeness (QED) is 0.819. The van der Waals surface area contributed by atoms with Crippen molar-refractivity contribution < 1.29 is 4.79 Å². The van der Waals surface area contributed by atoms with Crippen molar-refractivity contribution in [1.29, 1.82) is 0 Å². The molecule has 0 aliphatic carbocycles. The van der Waals surface area contributed by atoms with Crippen LogP contribution in [0.15, 0.2) is 42.5 Å². The summed E-state index contributed by atoms with van der Waals surface area (Å²) in [5.41, 5.74) is 5.91. The number of rotatable bonds is 6. The predicted molar refractivity (Wildman–Crippen MR) is 112 cm³/mol. The minimum absolute atomic E-state index is 0.0835. The van der Waals surface area contributed by atoms with E-state index in [0.29, 0.717) is 6.42 Å². The van der Waals surface area contributed by atoms with Crippen LogP contribution in [0.25, 0.3) is 0 Å². The Morgan fingerprint density at radius 3 is 2.54 bits per heavy atom. The van der Waals surface area contributed by atoms with Crippen LogP contribution in [0.4, 0.5) is 5.69 Å². The Balaban J connectivity index is 1.57. The number of thioether (sulfide) groups is 1. The third-order valence-corrected chi connectivity index (χ3v) is 5.92. The van der Waals surface area contributed by atoms with E-state index in [1.807, 2.05) is 17.8 Å². The molecule has 0 radical (unpaired) electrons. The standard InChI is InChI=1S/C22H28N2OS/c1-17-6-8-19(9-7-17)10-11-22(25)23-21-5-3-4-20(18(21)2)16-24-12-14-26-15-13-24/h3-9H,10-16H2,1-2H3,(H,23,25). The van der Waals surface area contributed by atoms with Crippen molar-refractivity contribution in [2.24, 2.45) is 0 Å². The molecule has 138 valence electrons. The Labute approximate surface area is 161 Å². The van der Waals surface area contributed by atoms with E-state index in [0.717, 1.165) is 31.7 Å². The summed E-state index contributed by atoms with van der Waals surface area (Å²) in [5, 5.41) is 3.11. The van der Waals surface area contributed by atoms with Crippen molar-refractivity contribution in [1.82, 2.24) is 4.90 Å². The molecule has 1 heterocycles. The summed E-state index contributed by atoms with van der Waals surface area (Å²) in [5.74, 6) is 2.52. The second-order valence-electron chi connectivity index (χ2n) is 7.01. The molecule has 0 aromatic heterocycles. The lowest BCUT2D eigenvalue weighted by molar-refractivity contribution is -0.116. The maximum absolute atomic E-state index is 12.4. The number of nitrogens with one attached hydrogen (secondary N) is 1. The van der Waals surface area contributed by atoms with Gasteiger partial charge in [-0.2, -0.15) is 11.8 Å². The molecule has 1 saturated heterocycles. The Morgan fingerprint density at radius 2 is 1.81 bits per heavy atom. The zero-order valence-corrected chi connectivity index (χ0v) is 16.6. The summed E-state index contributed by atoms with van der Waals surface area (Å²) in [6.07, 6.45) is 1.28. The smallest absolute Gasteiger partial charge is 0.224 e. The average Bonchev–Trinajstić information content (AvgIpc) is 2.65. The Morgan fingerprint density at radius 1 is 1.08 bits per heavy atom. The SMILES string of the molecule is Cc1ccc(CCC(=O)Nc2cccc(CN3CCSCC3)c2C)cc1. The molecule has 1 N–H and O–H groups in total. The van der Waals surface area contributed by atoms with Gasteiger partial charge in [-0.05, 0) is 43.0 Å². The number of amides is 1. The van der Waals surface area contributed by atoms with Crippen LogP contribution in [0.3, 0.4) is 0 Å². The highest BCUT2D eigenvalue weighted by molar-refractivity contribution is 7.99. The van der Waals surface area contributed by atoms with Crippen LogP contribution in [-0.4, -0.2) is 35.4 Å². The fraction of sp³-hybridized carbons (Fsp3) is 0.409. The van der Waals surface area contributed by atoms with E-state index in [-0.39, 0.29) is 5.91 Å². The topological polar surface area (TPSA) is 32.3 Å². The maximum Gasteiger partial charge on any atom is 0.224 e. The van der Waals surface area contributed by atoms with Crippen molar-refractivity contribution in [3.05, 3.63) is 64.7 Å². The number of hydrogen-bond donors (Lipinski definition) is 1. The van der Waals surface area contributed by atoms with Crippen molar-refractivity contribution in [2.45, 2.75) is 33.2 Å². The molecular weight excluding hydrogens is 340 g/mol. The van der Waals surface area contributed by atoms with Gasteiger partial charge in [0.15, 0.2) is 0 Å². The number of hydrogen-bond acceptors (Lipinski definition) is 3. The summed E-state index contributed by atoms with van der Waals surface area (Å²) in [6, 6.07) is 14.6. The summed E-state index contributed by atoms with van der Waals surface area (Å²) in [7, 11) is 0. The third kappa shape index (κ3) is 5.36. The summed E-state index contributed by atoms with van der Waals surface area (Å²) in [6.45, 7) is 7.46. The van der Waals surface area contributed by atoms with Crippen molar-refractivity contribution in [2.75, 3.05) is 29.9 Å². The first-order valence-corrected chi connectivity index (χ1v) is 10.5. The summed E-state index contributed by atoms with van der Waals surface area (Å²) >= 11 is 2.03. The van der Waals surface area contributed by atoms with E-state index in [1.165, 1.54) is 33.8 Å². The van der Waals surface area contributed by atoms with E-state index in [9.17, 15) is 4.79 Å². The predicted octanol–water partition coefficient (Wildman–Crippen LogP) is 4.42. The van der Waals surface area contributed by atoms with Gasteiger partial charge in [-0.3, -0.25) is 9.69 Å². The monoisotopic (exact) mass is 368 g/mol. The van der Waals surface area contributed by atoms with Crippen molar-refractivity contribution in [3.8, 4) is 0 Å². The van der Waals surface area contributed by atoms with Crippen molar-refractivity contribution >= 4 is 23.4 Å². The number of nitrogens with zero attached hydrogens (tertiary/aromatic N) is 1. The van der Waals surface area contributed by atoms with Gasteiger partial charge < -0.3 is 5.32 Å². The van der Waals surface area contributed by atoms with Gasteiger partial charge in [0.1, 0.15) is 0 Å². The molecule has 1 aliphatic rings. The summed E-state index contributed by atoms with van der Waals surface area (Å²) < 4.78 is 0. The lowest BCUT2D eigenvalue weighted by Crippen LogP contribution is -2.32. The van der Waals surface area contributed by atoms with Crippen LogP contribution in [0, 0.1) is 13.8 Å². The highest BCUT2D eigenvalue weighted by Gasteiger charge is 2.14. The van der Waals surface area contributed by atoms with Gasteiger partial charge in [-0.25, -0.2) is 0 Å². The first-order chi connectivity index (χ1) is 12.6. The highest BCUT2D eigenvalue weighted by Crippen LogP contribution is 2.22. The van der Waals surface area contributed by atoms with Gasteiger partial charge in [0.2, 0.25) is 5.91 Å². The lowest BCUT2D eigenvalue weighted by atomic mass is 10.0. The second-order valence-corrected chi connectivity index (χ2v) is 8.24. The largest absolute Gasteiger partial charge is 0.326 e. The van der Waals surface area contributed by atoms with Crippen LogP contribution in [0.2, 0.25) is 0 Å². The molecule has 2 aromatic rings. The molecule has 3 rings (SSSR count). The van der Waals surface area contributed by atoms with E-state index in [4.69, 9.17) is 0 Å². The van der Waals surface area contributed by atoms with Crippen LogP contribution < -0.4 is 5.32 Å². The number of benzene rings is 2. The minimum Gasteiger partial charge on any atom is -0.326 e. The molecule has 1 amide bonds. The fourth-order valence-electron chi connectivity index (χ4n) is 3.22. The van der Waals surface area contributed by atoms with Gasteiger partial charge in [-0.1, -0.05) is 42.0 Å². The molecule has 3 nitrogen and oxygen atoms in total. The van der Waals surface area contributed by atoms with Crippen LogP contribution >= 0.6 is 11.8 Å². The Kier molecular flexibility index (Phi) is 6.75. The molecule has 4 heteroatoms. The number of aryl methyl sites for hydroxylation is 2. The van der Waals surface area contributed by atoms with E-state index >= 15 is 0 Å². The number of carbonyl (C=O) groups excluding carboxylic acids is 1. The van der Waals surface area contributed by atoms with E-state index in [1.54, 1.807) is 0 Å². The Hall–Kier alpha value is -1.78. The van der Waals surface area contributed by atoms with Gasteiger partial charge >= 0.3 is 0 Å². The Bertz CT molecular complexity index is 736. The zero-order chi connectivity index (χ0) is 18.4. The number of carbonyl (C=O) groups is 1. The molecule has 0 atom stereocenters. The first kappa shape index (κ1) is 19.0.